The maximum Gasteiger partial charge on any atom is 2.00 e. The fraction of sp³-hybridized carbons (Fsp3) is 0.357. The van der Waals surface area contributed by atoms with Crippen molar-refractivity contribution in [3.8, 4) is 0 Å². The second-order valence-electron chi connectivity index (χ2n) is 3.64. The fourth-order valence-corrected chi connectivity index (χ4v) is 1.60. The van der Waals surface area contributed by atoms with Gasteiger partial charge in [0.05, 0.1) is 5.56 Å². The van der Waals surface area contributed by atoms with Gasteiger partial charge < -0.3 is 19.5 Å². The third-order valence-corrected chi connectivity index (χ3v) is 2.52. The van der Waals surface area contributed by atoms with E-state index in [2.05, 4.69) is 13.8 Å². The summed E-state index contributed by atoms with van der Waals surface area (Å²) in [7, 11) is 0. The van der Waals surface area contributed by atoms with Gasteiger partial charge in [-0.1, -0.05) is 25.0 Å². The first kappa shape index (κ1) is 19.1. The molecule has 0 aromatic heterocycles. The molecule has 17 heavy (non-hydrogen) atoms. The molecule has 0 atom stereocenters. The molecule has 0 fully saturated rings. The van der Waals surface area contributed by atoms with Gasteiger partial charge in [-0.3, -0.25) is 0 Å². The van der Waals surface area contributed by atoms with E-state index in [1.807, 2.05) is 6.07 Å². The van der Waals surface area contributed by atoms with Crippen LogP contribution in [0.3, 0.4) is 0 Å². The van der Waals surface area contributed by atoms with E-state index in [1.54, 1.807) is 12.1 Å². The van der Waals surface area contributed by atoms with Crippen LogP contribution in [0, 0.1) is 45.5 Å². The van der Waals surface area contributed by atoms with Crippen molar-refractivity contribution in [3.05, 3.63) is 49.2 Å². The van der Waals surface area contributed by atoms with Crippen molar-refractivity contribution in [2.24, 2.45) is 0 Å². The molecule has 0 aliphatic heterocycles. The third-order valence-electron chi connectivity index (χ3n) is 2.52. The molecule has 1 N–H and O–H groups in total. The van der Waals surface area contributed by atoms with Crippen LogP contribution in [0.2, 0.25) is 0 Å². The monoisotopic (exact) mass is 458 g/mol. The summed E-state index contributed by atoms with van der Waals surface area (Å²) in [5, 5.41) is 8.88. The van der Waals surface area contributed by atoms with E-state index < -0.39 is 5.97 Å². The van der Waals surface area contributed by atoms with E-state index in [-0.39, 0.29) is 38.5 Å². The zero-order chi connectivity index (χ0) is 11.3. The van der Waals surface area contributed by atoms with E-state index in [0.29, 0.717) is 5.56 Å². The molecule has 0 aliphatic carbocycles. The number of rotatable bonds is 5. The zero-order valence-electron chi connectivity index (χ0n) is 10.6. The Hall–Kier alpha value is -0.258. The molecule has 0 radical (unpaired) electrons. The summed E-state index contributed by atoms with van der Waals surface area (Å²) >= 11 is 0. The second kappa shape index (κ2) is 9.74. The first-order valence-electron chi connectivity index (χ1n) is 5.33. The van der Waals surface area contributed by atoms with Crippen LogP contribution in [0.25, 0.3) is 0 Å². The molecule has 0 bridgehead atoms. The average molecular weight is 458 g/mol. The van der Waals surface area contributed by atoms with Gasteiger partial charge in [0, 0.05) is 0 Å². The van der Waals surface area contributed by atoms with Crippen molar-refractivity contribution in [1.82, 2.24) is 0 Å². The number of aryl methyl sites for hydroxylation is 1. The van der Waals surface area contributed by atoms with Crippen LogP contribution in [-0.4, -0.2) is 11.1 Å². The van der Waals surface area contributed by atoms with Crippen molar-refractivity contribution >= 4 is 5.97 Å². The Morgan fingerprint density at radius 2 is 2.00 bits per heavy atom. The van der Waals surface area contributed by atoms with Crippen molar-refractivity contribution in [3.63, 3.8) is 0 Å². The van der Waals surface area contributed by atoms with Gasteiger partial charge in [0.15, 0.2) is 0 Å². The number of carboxylic acid groups (broad SMARTS) is 1. The summed E-state index contributed by atoms with van der Waals surface area (Å²) in [6.07, 6.45) is 3.88. The summed E-state index contributed by atoms with van der Waals surface area (Å²) in [6, 6.07) is 5.30. The van der Waals surface area contributed by atoms with Crippen LogP contribution in [0.4, 0.5) is 0 Å². The molecule has 1 rings (SSSR count). The summed E-state index contributed by atoms with van der Waals surface area (Å²) in [5.74, 6) is -0.858. The first-order valence-corrected chi connectivity index (χ1v) is 5.33. The van der Waals surface area contributed by atoms with E-state index in [4.69, 9.17) is 5.11 Å². The SMILES string of the molecule is [CH2-]Cc1ccc(C(=O)O)cc1CCCC.[CH3-].[U+2]. The Morgan fingerprint density at radius 3 is 2.47 bits per heavy atom. The number of hydrogen-bond donors (Lipinski definition) is 1. The van der Waals surface area contributed by atoms with E-state index >= 15 is 0 Å². The molecule has 3 heteroatoms. The number of carbonyl (C=O) groups is 1. The fourth-order valence-electron chi connectivity index (χ4n) is 1.60. The van der Waals surface area contributed by atoms with E-state index in [1.165, 1.54) is 0 Å². The van der Waals surface area contributed by atoms with Crippen LogP contribution in [0.5, 0.6) is 0 Å². The summed E-state index contributed by atoms with van der Waals surface area (Å²) in [4.78, 5) is 10.8. The standard InChI is InChI=1S/C13H17O2.CH3.U/c1-3-5-6-11-9-12(13(14)15)8-7-10(11)4-2;;/h7-9H,2-6H2,1H3,(H,14,15);1H3;/q2*-1;+2. The largest absolute Gasteiger partial charge is 2.00 e. The Kier molecular flexibility index (Phi) is 10.9. The molecule has 0 saturated heterocycles. The van der Waals surface area contributed by atoms with Gasteiger partial charge in [-0.15, -0.1) is 0 Å². The van der Waals surface area contributed by atoms with Crippen LogP contribution in [0.15, 0.2) is 18.2 Å². The molecule has 1 aromatic rings. The van der Waals surface area contributed by atoms with Crippen LogP contribution in [-0.2, 0) is 12.8 Å². The van der Waals surface area contributed by atoms with Gasteiger partial charge in [0.1, 0.15) is 0 Å². The van der Waals surface area contributed by atoms with Gasteiger partial charge in [-0.25, -0.2) is 4.79 Å². The minimum atomic E-state index is -0.858. The molecule has 1 aromatic carbocycles. The normalized spacial score (nSPS) is 9.06. The topological polar surface area (TPSA) is 37.3 Å². The van der Waals surface area contributed by atoms with Crippen molar-refractivity contribution < 1.29 is 41.0 Å². The molecule has 92 valence electrons. The average Bonchev–Trinajstić information content (AvgIpc) is 2.25. The van der Waals surface area contributed by atoms with Gasteiger partial charge >= 0.3 is 37.1 Å². The Bertz CT molecular complexity index is 348. The predicted molar refractivity (Wildman–Crippen MR) is 67.5 cm³/mol. The number of aromatic carboxylic acids is 1. The Balaban J connectivity index is 0. The molecule has 0 unspecified atom stereocenters. The zero-order valence-corrected chi connectivity index (χ0v) is 14.8. The minimum absolute atomic E-state index is 0. The molecular formula is C14H20O2U. The van der Waals surface area contributed by atoms with Crippen molar-refractivity contribution in [1.29, 1.82) is 0 Å². The molecule has 0 spiro atoms. The van der Waals surface area contributed by atoms with Crippen LogP contribution >= 0.6 is 0 Å². The van der Waals surface area contributed by atoms with Crippen molar-refractivity contribution in [2.45, 2.75) is 32.6 Å². The second-order valence-corrected chi connectivity index (χ2v) is 3.64. The Morgan fingerprint density at radius 1 is 1.35 bits per heavy atom. The summed E-state index contributed by atoms with van der Waals surface area (Å²) in [5.41, 5.74) is 2.67. The van der Waals surface area contributed by atoms with E-state index in [0.717, 1.165) is 36.8 Å². The molecule has 0 aliphatic rings. The van der Waals surface area contributed by atoms with Gasteiger partial charge in [-0.2, -0.15) is 6.42 Å². The van der Waals surface area contributed by atoms with Gasteiger partial charge in [0.25, 0.3) is 0 Å². The maximum atomic E-state index is 10.8. The number of benzene rings is 1. The molecular weight excluding hydrogens is 438 g/mol. The van der Waals surface area contributed by atoms with Crippen LogP contribution < -0.4 is 0 Å². The van der Waals surface area contributed by atoms with Gasteiger partial charge in [-0.05, 0) is 30.5 Å². The number of unbranched alkanes of at least 4 members (excludes halogenated alkanes) is 1. The molecule has 0 amide bonds. The number of carboxylic acids is 1. The quantitative estimate of drug-likeness (QED) is 0.686. The minimum Gasteiger partial charge on any atom is -0.478 e. The first-order chi connectivity index (χ1) is 7.19. The molecule has 0 saturated carbocycles. The van der Waals surface area contributed by atoms with Gasteiger partial charge in [0.2, 0.25) is 0 Å². The smallest absolute Gasteiger partial charge is 0.478 e. The van der Waals surface area contributed by atoms with Crippen molar-refractivity contribution in [2.75, 3.05) is 0 Å². The molecule has 0 heterocycles. The third kappa shape index (κ3) is 5.75. The summed E-state index contributed by atoms with van der Waals surface area (Å²) in [6.45, 7) is 5.98. The Labute approximate surface area is 128 Å². The summed E-state index contributed by atoms with van der Waals surface area (Å²) < 4.78 is 0. The van der Waals surface area contributed by atoms with Crippen LogP contribution in [0.1, 0.15) is 41.3 Å². The maximum absolute atomic E-state index is 10.8. The predicted octanol–water partition coefficient (Wildman–Crippen LogP) is 3.55. The molecule has 2 nitrogen and oxygen atoms in total. The van der Waals surface area contributed by atoms with E-state index in [9.17, 15) is 4.79 Å². The number of hydrogen-bond acceptors (Lipinski definition) is 1.